The van der Waals surface area contributed by atoms with Crippen molar-refractivity contribution in [3.8, 4) is 0 Å². The maximum atomic E-state index is 13.5. The summed E-state index contributed by atoms with van der Waals surface area (Å²) in [6.45, 7) is 0. The molecule has 0 spiro atoms. The van der Waals surface area contributed by atoms with Gasteiger partial charge >= 0.3 is 5.97 Å². The molecule has 1 aliphatic heterocycles. The predicted molar refractivity (Wildman–Crippen MR) is 128 cm³/mol. The van der Waals surface area contributed by atoms with Gasteiger partial charge in [0, 0.05) is 11.1 Å². The zero-order valence-electron chi connectivity index (χ0n) is 19.0. The van der Waals surface area contributed by atoms with Crippen LogP contribution >= 0.6 is 11.6 Å². The zero-order chi connectivity index (χ0) is 24.2. The van der Waals surface area contributed by atoms with Gasteiger partial charge in [-0.15, -0.1) is 0 Å². The number of ether oxygens (including phenoxy) is 1. The minimum absolute atomic E-state index is 0.0551. The summed E-state index contributed by atoms with van der Waals surface area (Å²) in [5, 5.41) is 0.589. The van der Waals surface area contributed by atoms with Crippen molar-refractivity contribution < 1.29 is 23.9 Å². The Labute approximate surface area is 203 Å². The first-order valence-corrected chi connectivity index (χ1v) is 11.9. The second-order valence-corrected chi connectivity index (χ2v) is 9.16. The van der Waals surface area contributed by atoms with Gasteiger partial charge in [0.05, 0.1) is 31.2 Å². The summed E-state index contributed by atoms with van der Waals surface area (Å²) < 4.78 is 4.70. The van der Waals surface area contributed by atoms with E-state index in [1.54, 1.807) is 41.3 Å². The molecule has 3 amide bonds. The Hall–Kier alpha value is -3.19. The van der Waals surface area contributed by atoms with Crippen LogP contribution in [0.5, 0.6) is 0 Å². The second-order valence-electron chi connectivity index (χ2n) is 8.72. The normalized spacial score (nSPS) is 18.8. The maximum Gasteiger partial charge on any atom is 0.337 e. The van der Waals surface area contributed by atoms with E-state index >= 15 is 0 Å². The van der Waals surface area contributed by atoms with E-state index in [1.807, 2.05) is 0 Å². The van der Waals surface area contributed by atoms with Crippen LogP contribution in [0.3, 0.4) is 0 Å². The first-order chi connectivity index (χ1) is 16.4. The van der Waals surface area contributed by atoms with E-state index < -0.39 is 17.9 Å². The quantitative estimate of drug-likeness (QED) is 0.456. The third-order valence-electron chi connectivity index (χ3n) is 6.53. The summed E-state index contributed by atoms with van der Waals surface area (Å²) in [7, 11) is 1.29. The number of imide groups is 1. The maximum absolute atomic E-state index is 13.5. The molecule has 1 saturated heterocycles. The van der Waals surface area contributed by atoms with Crippen LogP contribution in [-0.2, 0) is 25.5 Å². The first kappa shape index (κ1) is 24.0. The lowest BCUT2D eigenvalue weighted by Crippen LogP contribution is -2.51. The number of esters is 1. The molecule has 1 aliphatic carbocycles. The van der Waals surface area contributed by atoms with Gasteiger partial charge in [-0.05, 0) is 54.8 Å². The van der Waals surface area contributed by atoms with Gasteiger partial charge in [-0.1, -0.05) is 43.0 Å². The first-order valence-electron chi connectivity index (χ1n) is 11.5. The summed E-state index contributed by atoms with van der Waals surface area (Å²) >= 11 is 5.97. The molecule has 34 heavy (non-hydrogen) atoms. The average molecular weight is 483 g/mol. The molecule has 0 radical (unpaired) electrons. The van der Waals surface area contributed by atoms with E-state index in [0.717, 1.165) is 42.6 Å². The number of carbonyl (C=O) groups is 4. The highest BCUT2D eigenvalue weighted by Gasteiger charge is 2.46. The molecule has 4 rings (SSSR count). The SMILES string of the molecule is COC(=O)c1ccc(N2C(=O)CC(N(C(=O)Cc3ccc(Cl)cc3)C3CCCCC3)C2=O)cc1. The molecule has 178 valence electrons. The minimum atomic E-state index is -0.837. The molecule has 7 nitrogen and oxygen atoms in total. The van der Waals surface area contributed by atoms with Crippen molar-refractivity contribution in [2.75, 3.05) is 12.0 Å². The number of hydrogen-bond donors (Lipinski definition) is 0. The van der Waals surface area contributed by atoms with E-state index in [1.165, 1.54) is 19.2 Å². The van der Waals surface area contributed by atoms with Crippen LogP contribution in [0.4, 0.5) is 5.69 Å². The van der Waals surface area contributed by atoms with E-state index in [9.17, 15) is 19.2 Å². The Morgan fingerprint density at radius 2 is 1.65 bits per heavy atom. The van der Waals surface area contributed by atoms with Crippen molar-refractivity contribution in [3.05, 3.63) is 64.7 Å². The summed E-state index contributed by atoms with van der Waals surface area (Å²) in [6, 6.07) is 12.3. The highest BCUT2D eigenvalue weighted by atomic mass is 35.5. The molecule has 2 aromatic carbocycles. The van der Waals surface area contributed by atoms with Gasteiger partial charge in [0.2, 0.25) is 11.8 Å². The fourth-order valence-corrected chi connectivity index (χ4v) is 4.95. The molecule has 2 fully saturated rings. The van der Waals surface area contributed by atoms with Gasteiger partial charge in [-0.25, -0.2) is 9.69 Å². The van der Waals surface area contributed by atoms with Crippen LogP contribution in [0.15, 0.2) is 48.5 Å². The van der Waals surface area contributed by atoms with Gasteiger partial charge < -0.3 is 9.64 Å². The molecular weight excluding hydrogens is 456 g/mol. The third-order valence-corrected chi connectivity index (χ3v) is 6.78. The summed E-state index contributed by atoms with van der Waals surface area (Å²) in [5.41, 5.74) is 1.50. The molecule has 0 N–H and O–H groups in total. The lowest BCUT2D eigenvalue weighted by molar-refractivity contribution is -0.141. The highest BCUT2D eigenvalue weighted by Crippen LogP contribution is 2.32. The Balaban J connectivity index is 1.59. The fourth-order valence-electron chi connectivity index (χ4n) is 4.83. The van der Waals surface area contributed by atoms with Crippen LogP contribution < -0.4 is 4.90 Å². The van der Waals surface area contributed by atoms with E-state index in [4.69, 9.17) is 16.3 Å². The number of benzene rings is 2. The predicted octanol–water partition coefficient (Wildman–Crippen LogP) is 4.16. The number of rotatable bonds is 6. The topological polar surface area (TPSA) is 84.0 Å². The molecule has 0 bridgehead atoms. The molecule has 1 atom stereocenters. The lowest BCUT2D eigenvalue weighted by Gasteiger charge is -2.37. The molecule has 8 heteroatoms. The Morgan fingerprint density at radius 1 is 1.00 bits per heavy atom. The van der Waals surface area contributed by atoms with Gasteiger partial charge in [0.1, 0.15) is 6.04 Å². The van der Waals surface area contributed by atoms with Crippen molar-refractivity contribution in [2.45, 2.75) is 57.0 Å². The number of amides is 3. The summed E-state index contributed by atoms with van der Waals surface area (Å²) in [5.74, 6) is -1.44. The number of carbonyl (C=O) groups excluding carboxylic acids is 4. The van der Waals surface area contributed by atoms with Crippen LogP contribution in [0, 0.1) is 0 Å². The Kier molecular flexibility index (Phi) is 7.32. The smallest absolute Gasteiger partial charge is 0.337 e. The van der Waals surface area contributed by atoms with E-state index in [-0.39, 0.29) is 30.7 Å². The van der Waals surface area contributed by atoms with Gasteiger partial charge in [-0.3, -0.25) is 14.4 Å². The largest absolute Gasteiger partial charge is 0.465 e. The van der Waals surface area contributed by atoms with Crippen LogP contribution in [0.2, 0.25) is 5.02 Å². The highest BCUT2D eigenvalue weighted by molar-refractivity contribution is 6.30. The summed E-state index contributed by atoms with van der Waals surface area (Å²) in [6.07, 6.45) is 4.80. The molecule has 2 aliphatic rings. The van der Waals surface area contributed by atoms with Crippen LogP contribution in [0.1, 0.15) is 54.4 Å². The molecule has 1 saturated carbocycles. The fraction of sp³-hybridized carbons (Fsp3) is 0.385. The molecule has 1 heterocycles. The molecule has 1 unspecified atom stereocenters. The number of halogens is 1. The molecule has 0 aromatic heterocycles. The van der Waals surface area contributed by atoms with Crippen molar-refractivity contribution in [1.82, 2.24) is 4.90 Å². The van der Waals surface area contributed by atoms with Gasteiger partial charge in [0.15, 0.2) is 0 Å². The minimum Gasteiger partial charge on any atom is -0.465 e. The summed E-state index contributed by atoms with van der Waals surface area (Å²) in [4.78, 5) is 54.4. The van der Waals surface area contributed by atoms with Gasteiger partial charge in [0.25, 0.3) is 5.91 Å². The number of hydrogen-bond acceptors (Lipinski definition) is 5. The van der Waals surface area contributed by atoms with Crippen LogP contribution in [-0.4, -0.2) is 47.8 Å². The molecule has 2 aromatic rings. The average Bonchev–Trinajstić information content (AvgIpc) is 3.14. The lowest BCUT2D eigenvalue weighted by atomic mass is 9.92. The van der Waals surface area contributed by atoms with Gasteiger partial charge in [-0.2, -0.15) is 0 Å². The van der Waals surface area contributed by atoms with Crippen LogP contribution in [0.25, 0.3) is 0 Å². The van der Waals surface area contributed by atoms with E-state index in [0.29, 0.717) is 16.3 Å². The zero-order valence-corrected chi connectivity index (χ0v) is 19.8. The number of nitrogens with zero attached hydrogens (tertiary/aromatic N) is 2. The Morgan fingerprint density at radius 3 is 2.26 bits per heavy atom. The Bertz CT molecular complexity index is 1080. The van der Waals surface area contributed by atoms with Crippen molar-refractivity contribution >= 4 is 41.0 Å². The van der Waals surface area contributed by atoms with E-state index in [2.05, 4.69) is 0 Å². The van der Waals surface area contributed by atoms with Crippen molar-refractivity contribution in [1.29, 1.82) is 0 Å². The van der Waals surface area contributed by atoms with Crippen molar-refractivity contribution in [3.63, 3.8) is 0 Å². The second kappa shape index (κ2) is 10.4. The monoisotopic (exact) mass is 482 g/mol. The number of anilines is 1. The van der Waals surface area contributed by atoms with Crippen molar-refractivity contribution in [2.24, 2.45) is 0 Å². The third kappa shape index (κ3) is 4.99. The molecular formula is C26H27ClN2O5. The standard InChI is InChI=1S/C26H27ClN2O5/c1-34-26(33)18-9-13-21(14-10-18)29-24(31)16-22(25(29)32)28(20-5-3-2-4-6-20)23(30)15-17-7-11-19(27)12-8-17/h7-14,20,22H,2-6,15-16H2,1H3. The number of methoxy groups -OCH3 is 1.